The first-order chi connectivity index (χ1) is 11.8. The molecule has 1 aliphatic heterocycles. The lowest BCUT2D eigenvalue weighted by molar-refractivity contribution is -0.115. The maximum absolute atomic E-state index is 12.4. The summed E-state index contributed by atoms with van der Waals surface area (Å²) in [5.41, 5.74) is 1.89. The maximum Gasteiger partial charge on any atom is 0.287 e. The van der Waals surface area contributed by atoms with E-state index in [2.05, 4.69) is 15.0 Å². The van der Waals surface area contributed by atoms with Crippen LogP contribution in [0.15, 0.2) is 64.5 Å². The molecule has 5 nitrogen and oxygen atoms in total. The van der Waals surface area contributed by atoms with Crippen molar-refractivity contribution in [2.45, 2.75) is 17.2 Å². The topological polar surface area (TPSA) is 73.7 Å². The lowest BCUT2D eigenvalue weighted by Crippen LogP contribution is -2.40. The third-order valence-corrected chi connectivity index (χ3v) is 4.69. The number of amidine groups is 1. The van der Waals surface area contributed by atoms with E-state index >= 15 is 0 Å². The third kappa shape index (κ3) is 3.96. The number of nitrogens with one attached hydrogen (secondary N) is 2. The zero-order valence-electron chi connectivity index (χ0n) is 13.1. The van der Waals surface area contributed by atoms with Gasteiger partial charge in [-0.05, 0) is 36.1 Å². The van der Waals surface area contributed by atoms with Gasteiger partial charge in [-0.2, -0.15) is 0 Å². The van der Waals surface area contributed by atoms with Crippen molar-refractivity contribution in [2.75, 3.05) is 13.2 Å². The summed E-state index contributed by atoms with van der Waals surface area (Å²) in [4.78, 5) is 17.7. The van der Waals surface area contributed by atoms with E-state index in [9.17, 15) is 9.90 Å². The number of aliphatic hydroxyl groups excluding tert-OH is 1. The highest BCUT2D eigenvalue weighted by atomic mass is 32.2. The molecule has 0 spiro atoms. The fourth-order valence-electron chi connectivity index (χ4n) is 2.55. The summed E-state index contributed by atoms with van der Waals surface area (Å²) in [7, 11) is 0. The van der Waals surface area contributed by atoms with Gasteiger partial charge in [0.2, 0.25) is 5.84 Å². The average Bonchev–Trinajstić information content (AvgIpc) is 2.65. The van der Waals surface area contributed by atoms with Crippen LogP contribution in [-0.4, -0.2) is 30.0 Å². The van der Waals surface area contributed by atoms with Crippen molar-refractivity contribution in [1.29, 1.82) is 0 Å². The molecule has 0 saturated heterocycles. The van der Waals surface area contributed by atoms with E-state index in [0.29, 0.717) is 18.8 Å². The molecule has 0 bridgehead atoms. The van der Waals surface area contributed by atoms with E-state index in [1.54, 1.807) is 0 Å². The van der Waals surface area contributed by atoms with Crippen LogP contribution in [0.1, 0.15) is 17.9 Å². The molecule has 0 saturated carbocycles. The molecular formula is C18H19N3O2S. The monoisotopic (exact) mass is 341 g/mol. The summed E-state index contributed by atoms with van der Waals surface area (Å²) in [6, 6.07) is 17.6. The number of carbonyl (C=O) groups is 1. The van der Waals surface area contributed by atoms with Gasteiger partial charge in [0.1, 0.15) is 0 Å². The SMILES string of the molecule is O=C(NCC(CCO)c1ccccc1)C1=Nc2ccccc2SN1. The van der Waals surface area contributed by atoms with Gasteiger partial charge in [0.05, 0.1) is 10.6 Å². The number of amides is 1. The fraction of sp³-hybridized carbons (Fsp3) is 0.222. The molecule has 1 unspecified atom stereocenters. The van der Waals surface area contributed by atoms with Gasteiger partial charge in [-0.3, -0.25) is 4.79 Å². The highest BCUT2D eigenvalue weighted by Gasteiger charge is 2.19. The van der Waals surface area contributed by atoms with Crippen molar-refractivity contribution in [3.63, 3.8) is 0 Å². The molecule has 1 heterocycles. The first kappa shape index (κ1) is 16.5. The Hall–Kier alpha value is -2.31. The van der Waals surface area contributed by atoms with Crippen molar-refractivity contribution in [3.8, 4) is 0 Å². The number of benzene rings is 2. The quantitative estimate of drug-likeness (QED) is 0.706. The van der Waals surface area contributed by atoms with E-state index < -0.39 is 0 Å². The molecule has 0 aromatic heterocycles. The van der Waals surface area contributed by atoms with E-state index in [4.69, 9.17) is 0 Å². The summed E-state index contributed by atoms with van der Waals surface area (Å²) >= 11 is 1.38. The van der Waals surface area contributed by atoms with Crippen molar-refractivity contribution in [3.05, 3.63) is 60.2 Å². The molecule has 2 aromatic carbocycles. The predicted octanol–water partition coefficient (Wildman–Crippen LogP) is 2.61. The lowest BCUT2D eigenvalue weighted by atomic mass is 9.96. The first-order valence-electron chi connectivity index (χ1n) is 7.82. The van der Waals surface area contributed by atoms with Gasteiger partial charge in [0.25, 0.3) is 5.91 Å². The van der Waals surface area contributed by atoms with E-state index in [0.717, 1.165) is 16.1 Å². The van der Waals surface area contributed by atoms with Gasteiger partial charge in [-0.25, -0.2) is 4.99 Å². The summed E-state index contributed by atoms with van der Waals surface area (Å²) in [5.74, 6) is 0.134. The van der Waals surface area contributed by atoms with Crippen LogP contribution in [0.3, 0.4) is 0 Å². The third-order valence-electron chi connectivity index (χ3n) is 3.83. The number of para-hydroxylation sites is 1. The summed E-state index contributed by atoms with van der Waals surface area (Å²) < 4.78 is 2.98. The molecule has 124 valence electrons. The Morgan fingerprint density at radius 1 is 1.17 bits per heavy atom. The number of hydrogen-bond acceptors (Lipinski definition) is 5. The number of nitrogens with zero attached hydrogens (tertiary/aromatic N) is 1. The second-order valence-corrected chi connectivity index (χ2v) is 6.31. The summed E-state index contributed by atoms with van der Waals surface area (Å²) in [6.07, 6.45) is 0.599. The van der Waals surface area contributed by atoms with Crippen LogP contribution in [0.2, 0.25) is 0 Å². The first-order valence-corrected chi connectivity index (χ1v) is 8.64. The zero-order chi connectivity index (χ0) is 16.8. The Morgan fingerprint density at radius 3 is 2.71 bits per heavy atom. The van der Waals surface area contributed by atoms with Gasteiger partial charge in [0.15, 0.2) is 0 Å². The van der Waals surface area contributed by atoms with Crippen LogP contribution >= 0.6 is 11.9 Å². The largest absolute Gasteiger partial charge is 0.396 e. The molecule has 3 N–H and O–H groups in total. The lowest BCUT2D eigenvalue weighted by Gasteiger charge is -2.19. The van der Waals surface area contributed by atoms with Gasteiger partial charge < -0.3 is 15.1 Å². The van der Waals surface area contributed by atoms with Crippen molar-refractivity contribution >= 4 is 29.4 Å². The van der Waals surface area contributed by atoms with E-state index in [-0.39, 0.29) is 18.4 Å². The minimum atomic E-state index is -0.240. The van der Waals surface area contributed by atoms with Crippen LogP contribution in [0.4, 0.5) is 5.69 Å². The standard InChI is InChI=1S/C18H19N3O2S/c22-11-10-14(13-6-2-1-3-7-13)12-19-18(23)17-20-15-8-4-5-9-16(15)24-21-17/h1-9,14,22H,10-12H2,(H,19,23)(H,20,21). The average molecular weight is 341 g/mol. The number of fused-ring (bicyclic) bond motifs is 1. The number of aliphatic imine (C=N–C) groups is 1. The molecule has 6 heteroatoms. The summed E-state index contributed by atoms with van der Waals surface area (Å²) in [5, 5.41) is 12.2. The van der Waals surface area contributed by atoms with Crippen LogP contribution < -0.4 is 10.0 Å². The summed E-state index contributed by atoms with van der Waals surface area (Å²) in [6.45, 7) is 0.536. The highest BCUT2D eigenvalue weighted by molar-refractivity contribution is 7.98. The molecule has 2 aromatic rings. The van der Waals surface area contributed by atoms with Gasteiger partial charge in [0, 0.05) is 19.1 Å². The van der Waals surface area contributed by atoms with Crippen LogP contribution in [0, 0.1) is 0 Å². The van der Waals surface area contributed by atoms with Crippen molar-refractivity contribution < 1.29 is 9.90 Å². The Morgan fingerprint density at radius 2 is 1.92 bits per heavy atom. The minimum absolute atomic E-state index is 0.0734. The second-order valence-electron chi connectivity index (χ2n) is 5.46. The normalized spacial score (nSPS) is 14.1. The van der Waals surface area contributed by atoms with Crippen LogP contribution in [-0.2, 0) is 4.79 Å². The second kappa shape index (κ2) is 7.99. The Kier molecular flexibility index (Phi) is 5.51. The molecule has 0 aliphatic carbocycles. The molecule has 24 heavy (non-hydrogen) atoms. The number of rotatable bonds is 6. The number of aliphatic hydroxyl groups is 1. The van der Waals surface area contributed by atoms with Crippen molar-refractivity contribution in [1.82, 2.24) is 10.0 Å². The molecular weight excluding hydrogens is 322 g/mol. The molecule has 1 aliphatic rings. The number of hydrogen-bond donors (Lipinski definition) is 3. The Labute approximate surface area is 145 Å². The van der Waals surface area contributed by atoms with E-state index in [1.807, 2.05) is 54.6 Å². The highest BCUT2D eigenvalue weighted by Crippen LogP contribution is 2.30. The van der Waals surface area contributed by atoms with Gasteiger partial charge in [-0.1, -0.05) is 42.5 Å². The zero-order valence-corrected chi connectivity index (χ0v) is 13.9. The van der Waals surface area contributed by atoms with Gasteiger partial charge in [-0.15, -0.1) is 0 Å². The molecule has 1 amide bonds. The molecule has 1 atom stereocenters. The molecule has 0 fully saturated rings. The van der Waals surface area contributed by atoms with Crippen LogP contribution in [0.5, 0.6) is 0 Å². The predicted molar refractivity (Wildman–Crippen MR) is 96.4 cm³/mol. The Bertz CT molecular complexity index is 734. The van der Waals surface area contributed by atoms with E-state index in [1.165, 1.54) is 11.9 Å². The van der Waals surface area contributed by atoms with Gasteiger partial charge >= 0.3 is 0 Å². The number of carbonyl (C=O) groups excluding carboxylic acids is 1. The fourth-order valence-corrected chi connectivity index (χ4v) is 3.26. The smallest absolute Gasteiger partial charge is 0.287 e. The van der Waals surface area contributed by atoms with Crippen molar-refractivity contribution in [2.24, 2.45) is 4.99 Å². The Balaban J connectivity index is 1.65. The maximum atomic E-state index is 12.4. The molecule has 3 rings (SSSR count). The minimum Gasteiger partial charge on any atom is -0.396 e. The molecule has 0 radical (unpaired) electrons. The van der Waals surface area contributed by atoms with Crippen LogP contribution in [0.25, 0.3) is 0 Å².